The zero-order valence-electron chi connectivity index (χ0n) is 17.7. The number of hydrogen-bond acceptors (Lipinski definition) is 5. The molecule has 5 aliphatic rings. The molecule has 2 bridgehead atoms. The number of amides is 2. The highest BCUT2D eigenvalue weighted by Crippen LogP contribution is 2.65. The Morgan fingerprint density at radius 3 is 2.19 bits per heavy atom. The van der Waals surface area contributed by atoms with Crippen LogP contribution in [0.25, 0.3) is 0 Å². The highest BCUT2D eigenvalue weighted by Gasteiger charge is 2.66. The summed E-state index contributed by atoms with van der Waals surface area (Å²) in [5, 5.41) is 0. The molecular weight excluding hydrogens is 474 g/mol. The Kier molecular flexibility index (Phi) is 5.78. The van der Waals surface area contributed by atoms with Crippen molar-refractivity contribution in [1.82, 2.24) is 4.90 Å². The van der Waals surface area contributed by atoms with Crippen molar-refractivity contribution in [3.05, 3.63) is 46.5 Å². The van der Waals surface area contributed by atoms with E-state index in [1.807, 2.05) is 0 Å². The van der Waals surface area contributed by atoms with E-state index in [0.717, 1.165) is 10.9 Å². The van der Waals surface area contributed by atoms with Gasteiger partial charge in [-0.15, -0.1) is 0 Å². The molecule has 0 aromatic heterocycles. The van der Waals surface area contributed by atoms with Crippen molar-refractivity contribution in [1.29, 1.82) is 0 Å². The molecule has 6 nitrogen and oxygen atoms in total. The predicted octanol–water partition coefficient (Wildman–Crippen LogP) is 3.79. The molecule has 1 aromatic rings. The Bertz CT molecular complexity index is 951. The van der Waals surface area contributed by atoms with E-state index in [0.29, 0.717) is 36.8 Å². The van der Waals surface area contributed by atoms with Crippen molar-refractivity contribution in [2.75, 3.05) is 13.2 Å². The van der Waals surface area contributed by atoms with E-state index in [1.54, 1.807) is 24.3 Å². The number of likely N-dealkylation sites (tertiary alicyclic amines) is 1. The lowest BCUT2D eigenvalue weighted by molar-refractivity contribution is -0.143. The van der Waals surface area contributed by atoms with E-state index in [-0.39, 0.29) is 54.3 Å². The van der Waals surface area contributed by atoms with Crippen LogP contribution in [0, 0.1) is 35.5 Å². The largest absolute Gasteiger partial charge is 0.457 e. The number of hydrogen-bond donors (Lipinski definition) is 0. The lowest BCUT2D eigenvalue weighted by Crippen LogP contribution is -2.40. The van der Waals surface area contributed by atoms with Crippen LogP contribution in [0.2, 0.25) is 0 Å². The van der Waals surface area contributed by atoms with Crippen molar-refractivity contribution in [3.8, 4) is 0 Å². The maximum Gasteiger partial charge on any atom is 0.306 e. The first-order chi connectivity index (χ1) is 15.5. The van der Waals surface area contributed by atoms with Crippen LogP contribution in [-0.2, 0) is 19.1 Å². The van der Waals surface area contributed by atoms with Gasteiger partial charge in [-0.25, -0.2) is 0 Å². The molecule has 0 spiro atoms. The van der Waals surface area contributed by atoms with E-state index in [9.17, 15) is 19.2 Å². The van der Waals surface area contributed by atoms with Crippen molar-refractivity contribution in [2.45, 2.75) is 32.1 Å². The first kappa shape index (κ1) is 21.6. The van der Waals surface area contributed by atoms with Crippen LogP contribution in [0.1, 0.15) is 42.5 Å². The van der Waals surface area contributed by atoms with Gasteiger partial charge in [-0.3, -0.25) is 24.1 Å². The average Bonchev–Trinajstić information content (AvgIpc) is 3.57. The van der Waals surface area contributed by atoms with Gasteiger partial charge < -0.3 is 4.74 Å². The van der Waals surface area contributed by atoms with Crippen LogP contribution in [-0.4, -0.2) is 41.6 Å². The van der Waals surface area contributed by atoms with E-state index in [4.69, 9.17) is 4.74 Å². The minimum Gasteiger partial charge on any atom is -0.457 e. The van der Waals surface area contributed by atoms with Crippen LogP contribution in [0.4, 0.5) is 0 Å². The lowest BCUT2D eigenvalue weighted by atomic mass is 9.63. The zero-order valence-corrected chi connectivity index (χ0v) is 19.3. The van der Waals surface area contributed by atoms with Gasteiger partial charge in [-0.05, 0) is 55.1 Å². The van der Waals surface area contributed by atoms with Gasteiger partial charge >= 0.3 is 5.97 Å². The second-order valence-electron chi connectivity index (χ2n) is 9.38. The molecule has 168 valence electrons. The predicted molar refractivity (Wildman–Crippen MR) is 119 cm³/mol. The molecule has 32 heavy (non-hydrogen) atoms. The number of unbranched alkanes of at least 4 members (excludes halogenated alkanes) is 2. The number of halogens is 1. The number of nitrogens with zero attached hydrogens (tertiary/aromatic N) is 1. The summed E-state index contributed by atoms with van der Waals surface area (Å²) in [5.74, 6) is 0.841. The first-order valence-electron chi connectivity index (χ1n) is 11.4. The van der Waals surface area contributed by atoms with E-state index in [1.165, 1.54) is 11.3 Å². The number of esters is 1. The molecule has 6 rings (SSSR count). The summed E-state index contributed by atoms with van der Waals surface area (Å²) < 4.78 is 5.96. The highest BCUT2D eigenvalue weighted by molar-refractivity contribution is 9.10. The molecule has 1 saturated heterocycles. The van der Waals surface area contributed by atoms with Crippen molar-refractivity contribution in [3.63, 3.8) is 0 Å². The zero-order chi connectivity index (χ0) is 22.4. The van der Waals surface area contributed by atoms with Gasteiger partial charge in [0, 0.05) is 23.0 Å². The quantitative estimate of drug-likeness (QED) is 0.170. The summed E-state index contributed by atoms with van der Waals surface area (Å²) >= 11 is 3.31. The molecule has 6 unspecified atom stereocenters. The minimum absolute atomic E-state index is 0.00978. The summed E-state index contributed by atoms with van der Waals surface area (Å²) in [4.78, 5) is 51.3. The number of benzene rings is 1. The molecule has 1 aromatic carbocycles. The number of carbonyl (C=O) groups excluding carboxylic acids is 4. The van der Waals surface area contributed by atoms with E-state index >= 15 is 0 Å². The molecule has 3 fully saturated rings. The third-order valence-electron chi connectivity index (χ3n) is 7.55. The number of carbonyl (C=O) groups is 4. The Morgan fingerprint density at radius 2 is 1.56 bits per heavy atom. The van der Waals surface area contributed by atoms with Gasteiger partial charge in [0.05, 0.1) is 11.8 Å². The number of ketones is 1. The molecule has 2 amide bonds. The first-order valence-corrected chi connectivity index (χ1v) is 12.2. The molecule has 2 saturated carbocycles. The van der Waals surface area contributed by atoms with Gasteiger partial charge in [-0.1, -0.05) is 46.6 Å². The Morgan fingerprint density at radius 1 is 0.938 bits per heavy atom. The molecule has 1 aliphatic heterocycles. The fraction of sp³-hybridized carbons (Fsp3) is 0.520. The van der Waals surface area contributed by atoms with Gasteiger partial charge in [0.1, 0.15) is 0 Å². The van der Waals surface area contributed by atoms with E-state index < -0.39 is 5.97 Å². The fourth-order valence-electron chi connectivity index (χ4n) is 5.89. The summed E-state index contributed by atoms with van der Waals surface area (Å²) in [6, 6.07) is 6.90. The van der Waals surface area contributed by atoms with E-state index in [2.05, 4.69) is 28.1 Å². The normalized spacial score (nSPS) is 31.5. The molecule has 7 heteroatoms. The summed E-state index contributed by atoms with van der Waals surface area (Å²) in [5.41, 5.74) is 0.502. The molecular formula is C25H26BrNO5. The third-order valence-corrected chi connectivity index (χ3v) is 8.08. The van der Waals surface area contributed by atoms with Crippen LogP contribution in [0.5, 0.6) is 0 Å². The maximum absolute atomic E-state index is 12.9. The SMILES string of the molecule is O=C(CCCCCN1C(=O)C2C3C=CC(C4CC34)C2C1=O)OCC(=O)c1ccc(Br)cc1. The van der Waals surface area contributed by atoms with Gasteiger partial charge in [0.15, 0.2) is 12.4 Å². The highest BCUT2D eigenvalue weighted by atomic mass is 79.9. The topological polar surface area (TPSA) is 80.8 Å². The van der Waals surface area contributed by atoms with Crippen LogP contribution >= 0.6 is 15.9 Å². The second kappa shape index (κ2) is 8.58. The third kappa shape index (κ3) is 3.85. The summed E-state index contributed by atoms with van der Waals surface area (Å²) in [6.07, 6.45) is 7.75. The van der Waals surface area contributed by atoms with Crippen LogP contribution in [0.3, 0.4) is 0 Å². The average molecular weight is 500 g/mol. The van der Waals surface area contributed by atoms with Gasteiger partial charge in [-0.2, -0.15) is 0 Å². The molecule has 0 N–H and O–H groups in total. The van der Waals surface area contributed by atoms with Crippen molar-refractivity contribution >= 4 is 39.5 Å². The van der Waals surface area contributed by atoms with Crippen LogP contribution in [0.15, 0.2) is 40.9 Å². The Hall–Kier alpha value is -2.28. The van der Waals surface area contributed by atoms with Gasteiger partial charge in [0.2, 0.25) is 11.8 Å². The standard InChI is InChI=1S/C25H26BrNO5/c26-15-7-5-14(6-8-15)20(28)13-32-21(29)4-2-1-3-11-27-24(30)22-16-9-10-17(19-12-18(16)19)23(22)25(27)31/h5-10,16-19,22-23H,1-4,11-13H2. The van der Waals surface area contributed by atoms with Crippen LogP contribution < -0.4 is 0 Å². The van der Waals surface area contributed by atoms with Gasteiger partial charge in [0.25, 0.3) is 0 Å². The maximum atomic E-state index is 12.9. The lowest BCUT2D eigenvalue weighted by Gasteiger charge is -2.37. The number of ether oxygens (including phenoxy) is 1. The number of allylic oxidation sites excluding steroid dienone is 2. The fourth-order valence-corrected chi connectivity index (χ4v) is 6.16. The van der Waals surface area contributed by atoms with Crippen molar-refractivity contribution in [2.24, 2.45) is 35.5 Å². The second-order valence-corrected chi connectivity index (χ2v) is 10.3. The minimum atomic E-state index is -0.406. The number of Topliss-reactive ketones (excluding diaryl/α,β-unsaturated/α-hetero) is 1. The number of rotatable bonds is 9. The Balaban J connectivity index is 1.02. The Labute approximate surface area is 195 Å². The monoisotopic (exact) mass is 499 g/mol. The smallest absolute Gasteiger partial charge is 0.306 e. The molecule has 0 radical (unpaired) electrons. The summed E-state index contributed by atoms with van der Waals surface area (Å²) in [6.45, 7) is 0.162. The number of imide groups is 1. The molecule has 1 heterocycles. The molecule has 6 atom stereocenters. The molecule has 4 aliphatic carbocycles. The summed E-state index contributed by atoms with van der Waals surface area (Å²) in [7, 11) is 0. The van der Waals surface area contributed by atoms with Crippen molar-refractivity contribution < 1.29 is 23.9 Å².